The lowest BCUT2D eigenvalue weighted by Crippen LogP contribution is -2.33. The number of ether oxygens (including phenoxy) is 1. The van der Waals surface area contributed by atoms with E-state index in [1.807, 2.05) is 0 Å². The Labute approximate surface area is 175 Å². The number of fused-ring (bicyclic) bond motifs is 1. The number of hydrogen-bond donors (Lipinski definition) is 1. The van der Waals surface area contributed by atoms with Gasteiger partial charge >= 0.3 is 0 Å². The molecule has 1 amide bonds. The van der Waals surface area contributed by atoms with Crippen molar-refractivity contribution in [2.45, 2.75) is 44.2 Å². The minimum atomic E-state index is -1.43. The van der Waals surface area contributed by atoms with Gasteiger partial charge in [-0.1, -0.05) is 0 Å². The van der Waals surface area contributed by atoms with Gasteiger partial charge in [0, 0.05) is 55.7 Å². The van der Waals surface area contributed by atoms with E-state index in [-0.39, 0.29) is 37.5 Å². The molecule has 10 heteroatoms. The standard InChI is InChI=1S/C20H21F4N3O2S/c1-26-14(7-16(28)25-8-11-3-2-4-29-11)15-5-10(9-27(15)20(26)30)17-18(23)12(21)6-13(22)19(17)24/h6,10-11H,2-5,7-9H2,1H3,(H,25,28)/t10-,11+/m0/s1. The molecule has 3 heterocycles. The fourth-order valence-electron chi connectivity index (χ4n) is 4.31. The lowest BCUT2D eigenvalue weighted by atomic mass is 9.94. The van der Waals surface area contributed by atoms with Crippen LogP contribution in [-0.2, 0) is 36.0 Å². The van der Waals surface area contributed by atoms with Crippen molar-refractivity contribution in [3.63, 3.8) is 0 Å². The smallest absolute Gasteiger partial charge is 0.226 e. The largest absolute Gasteiger partial charge is 0.376 e. The summed E-state index contributed by atoms with van der Waals surface area (Å²) in [4.78, 5) is 12.4. The van der Waals surface area contributed by atoms with Gasteiger partial charge in [-0.3, -0.25) is 4.79 Å². The SMILES string of the molecule is Cn1c(CC(=O)NC[C@H]2CCCO2)c2n(c1=S)C[C@@H](c1c(F)c(F)cc(F)c1F)C2. The van der Waals surface area contributed by atoms with Crippen LogP contribution in [0.4, 0.5) is 17.6 Å². The molecule has 162 valence electrons. The summed E-state index contributed by atoms with van der Waals surface area (Å²) in [5.74, 6) is -6.69. The van der Waals surface area contributed by atoms with Crippen molar-refractivity contribution < 1.29 is 27.1 Å². The number of carbonyl (C=O) groups excluding carboxylic acids is 1. The van der Waals surface area contributed by atoms with Crippen LogP contribution in [0.1, 0.15) is 35.7 Å². The third-order valence-electron chi connectivity index (χ3n) is 5.86. The first-order valence-corrected chi connectivity index (χ1v) is 10.2. The van der Waals surface area contributed by atoms with Crippen LogP contribution in [0, 0.1) is 28.0 Å². The van der Waals surface area contributed by atoms with E-state index in [0.717, 1.165) is 12.8 Å². The lowest BCUT2D eigenvalue weighted by molar-refractivity contribution is -0.121. The zero-order chi connectivity index (χ0) is 21.6. The van der Waals surface area contributed by atoms with Gasteiger partial charge in [0.15, 0.2) is 28.0 Å². The summed E-state index contributed by atoms with van der Waals surface area (Å²) in [5.41, 5.74) is 0.635. The van der Waals surface area contributed by atoms with Gasteiger partial charge < -0.3 is 19.2 Å². The van der Waals surface area contributed by atoms with Crippen LogP contribution >= 0.6 is 12.2 Å². The van der Waals surface area contributed by atoms with Gasteiger partial charge in [-0.15, -0.1) is 0 Å². The van der Waals surface area contributed by atoms with Gasteiger partial charge in [0.2, 0.25) is 5.91 Å². The second-order valence-electron chi connectivity index (χ2n) is 7.74. The summed E-state index contributed by atoms with van der Waals surface area (Å²) in [5, 5.41) is 2.84. The highest BCUT2D eigenvalue weighted by molar-refractivity contribution is 7.71. The van der Waals surface area contributed by atoms with Crippen molar-refractivity contribution >= 4 is 18.1 Å². The van der Waals surface area contributed by atoms with Gasteiger partial charge in [0.25, 0.3) is 0 Å². The molecule has 2 aliphatic rings. The molecule has 2 atom stereocenters. The van der Waals surface area contributed by atoms with Gasteiger partial charge in [-0.25, -0.2) is 17.6 Å². The van der Waals surface area contributed by atoms with Crippen molar-refractivity contribution in [1.82, 2.24) is 14.5 Å². The Kier molecular flexibility index (Phi) is 5.71. The van der Waals surface area contributed by atoms with Crippen molar-refractivity contribution in [2.75, 3.05) is 13.2 Å². The molecule has 0 unspecified atom stereocenters. The molecule has 0 radical (unpaired) electrons. The third kappa shape index (κ3) is 3.66. The van der Waals surface area contributed by atoms with Crippen LogP contribution in [0.25, 0.3) is 0 Å². The Balaban J connectivity index is 1.56. The Morgan fingerprint density at radius 2 is 1.97 bits per heavy atom. The number of halogens is 4. The van der Waals surface area contributed by atoms with E-state index in [4.69, 9.17) is 17.0 Å². The van der Waals surface area contributed by atoms with Gasteiger partial charge in [0.05, 0.1) is 12.5 Å². The number of nitrogens with zero attached hydrogens (tertiary/aromatic N) is 2. The first-order chi connectivity index (χ1) is 14.3. The summed E-state index contributed by atoms with van der Waals surface area (Å²) in [6.07, 6.45) is 2.03. The first-order valence-electron chi connectivity index (χ1n) is 9.76. The predicted octanol–water partition coefficient (Wildman–Crippen LogP) is 3.29. The normalized spacial score (nSPS) is 20.6. The molecule has 1 saturated heterocycles. The minimum absolute atomic E-state index is 0.00942. The minimum Gasteiger partial charge on any atom is -0.376 e. The Morgan fingerprint density at radius 1 is 1.27 bits per heavy atom. The number of carbonyl (C=O) groups is 1. The molecule has 4 rings (SSSR count). The summed E-state index contributed by atoms with van der Waals surface area (Å²) in [6.45, 7) is 1.19. The maximum Gasteiger partial charge on any atom is 0.226 e. The van der Waals surface area contributed by atoms with Gasteiger partial charge in [0.1, 0.15) is 0 Å². The molecule has 30 heavy (non-hydrogen) atoms. The highest BCUT2D eigenvalue weighted by Gasteiger charge is 2.34. The Bertz CT molecular complexity index is 1030. The average Bonchev–Trinajstić information content (AvgIpc) is 3.42. The zero-order valence-electron chi connectivity index (χ0n) is 16.3. The van der Waals surface area contributed by atoms with Crippen molar-refractivity contribution in [1.29, 1.82) is 0 Å². The van der Waals surface area contributed by atoms with Gasteiger partial charge in [-0.05, 0) is 31.5 Å². The number of amides is 1. The zero-order valence-corrected chi connectivity index (χ0v) is 17.1. The second kappa shape index (κ2) is 8.14. The predicted molar refractivity (Wildman–Crippen MR) is 103 cm³/mol. The van der Waals surface area contributed by atoms with E-state index >= 15 is 0 Å². The van der Waals surface area contributed by atoms with E-state index in [1.165, 1.54) is 0 Å². The van der Waals surface area contributed by atoms with E-state index in [2.05, 4.69) is 5.32 Å². The molecule has 1 fully saturated rings. The highest BCUT2D eigenvalue weighted by Crippen LogP contribution is 2.36. The number of imidazole rings is 1. The number of benzene rings is 1. The first kappa shape index (κ1) is 21.0. The summed E-state index contributed by atoms with van der Waals surface area (Å²) < 4.78 is 65.1. The summed E-state index contributed by atoms with van der Waals surface area (Å²) in [7, 11) is 1.72. The molecule has 1 aromatic heterocycles. The third-order valence-corrected chi connectivity index (χ3v) is 6.35. The monoisotopic (exact) mass is 443 g/mol. The maximum atomic E-state index is 14.3. The molecule has 0 bridgehead atoms. The molecule has 1 N–H and O–H groups in total. The molecular formula is C20H21F4N3O2S. The van der Waals surface area contributed by atoms with Gasteiger partial charge in [-0.2, -0.15) is 0 Å². The number of nitrogens with one attached hydrogen (secondary N) is 1. The molecule has 0 spiro atoms. The van der Waals surface area contributed by atoms with Crippen LogP contribution in [0.15, 0.2) is 6.07 Å². The molecule has 2 aromatic rings. The maximum absolute atomic E-state index is 14.3. The van der Waals surface area contributed by atoms with Crippen LogP contribution < -0.4 is 5.32 Å². The van der Waals surface area contributed by atoms with Crippen LogP contribution in [-0.4, -0.2) is 34.3 Å². The topological polar surface area (TPSA) is 48.2 Å². The Hall–Kier alpha value is -2.20. The van der Waals surface area contributed by atoms with Crippen LogP contribution in [0.3, 0.4) is 0 Å². The lowest BCUT2D eigenvalue weighted by Gasteiger charge is -2.14. The fraction of sp³-hybridized carbons (Fsp3) is 0.500. The number of aromatic nitrogens is 2. The molecular weight excluding hydrogens is 422 g/mol. The van der Waals surface area contributed by atoms with E-state index < -0.39 is 34.8 Å². The molecule has 0 aliphatic carbocycles. The van der Waals surface area contributed by atoms with E-state index in [9.17, 15) is 22.4 Å². The molecule has 1 aromatic carbocycles. The highest BCUT2D eigenvalue weighted by atomic mass is 32.1. The quantitative estimate of drug-likeness (QED) is 0.438. The molecule has 0 saturated carbocycles. The van der Waals surface area contributed by atoms with Crippen LogP contribution in [0.2, 0.25) is 0 Å². The van der Waals surface area contributed by atoms with Crippen LogP contribution in [0.5, 0.6) is 0 Å². The Morgan fingerprint density at radius 3 is 2.60 bits per heavy atom. The van der Waals surface area contributed by atoms with E-state index in [0.29, 0.717) is 29.3 Å². The average molecular weight is 443 g/mol. The second-order valence-corrected chi connectivity index (χ2v) is 8.11. The van der Waals surface area contributed by atoms with Crippen molar-refractivity contribution in [3.8, 4) is 0 Å². The van der Waals surface area contributed by atoms with E-state index in [1.54, 1.807) is 16.2 Å². The number of hydrogen-bond acceptors (Lipinski definition) is 3. The van der Waals surface area contributed by atoms with Crippen molar-refractivity contribution in [2.24, 2.45) is 7.05 Å². The fourth-order valence-corrected chi connectivity index (χ4v) is 4.60. The molecule has 5 nitrogen and oxygen atoms in total. The molecule has 2 aliphatic heterocycles. The summed E-state index contributed by atoms with van der Waals surface area (Å²) >= 11 is 5.40. The summed E-state index contributed by atoms with van der Waals surface area (Å²) in [6, 6.07) is 0.200. The van der Waals surface area contributed by atoms with Crippen molar-refractivity contribution in [3.05, 3.63) is 51.1 Å². The number of rotatable bonds is 5.